The molecule has 0 aliphatic carbocycles. The van der Waals surface area contributed by atoms with E-state index in [-0.39, 0.29) is 12.5 Å². The van der Waals surface area contributed by atoms with E-state index in [0.717, 1.165) is 5.56 Å². The maximum absolute atomic E-state index is 12.6. The Morgan fingerprint density at radius 1 is 1.08 bits per heavy atom. The monoisotopic (exact) mass is 346 g/mol. The number of para-hydroxylation sites is 1. The van der Waals surface area contributed by atoms with E-state index in [1.807, 2.05) is 12.1 Å². The number of aromatic nitrogens is 5. The molecule has 0 atom stereocenters. The second-order valence-electron chi connectivity index (χ2n) is 5.40. The molecule has 0 aliphatic rings. The van der Waals surface area contributed by atoms with Gasteiger partial charge in [-0.3, -0.25) is 9.78 Å². The van der Waals surface area contributed by atoms with Crippen LogP contribution in [0.3, 0.4) is 0 Å². The van der Waals surface area contributed by atoms with Crippen molar-refractivity contribution in [3.05, 3.63) is 78.7 Å². The molecular weight excluding hydrogens is 332 g/mol. The summed E-state index contributed by atoms with van der Waals surface area (Å²) in [5, 5.41) is 10.9. The Morgan fingerprint density at radius 3 is 2.73 bits per heavy atom. The van der Waals surface area contributed by atoms with Crippen molar-refractivity contribution in [2.24, 2.45) is 0 Å². The second kappa shape index (κ2) is 6.98. The van der Waals surface area contributed by atoms with E-state index in [2.05, 4.69) is 25.5 Å². The molecule has 3 aromatic heterocycles. The number of rotatable bonds is 5. The van der Waals surface area contributed by atoms with Gasteiger partial charge in [-0.1, -0.05) is 17.3 Å². The van der Waals surface area contributed by atoms with Gasteiger partial charge in [0.15, 0.2) is 0 Å². The number of amides is 1. The van der Waals surface area contributed by atoms with E-state index in [0.29, 0.717) is 23.0 Å². The van der Waals surface area contributed by atoms with Crippen molar-refractivity contribution in [1.82, 2.24) is 30.2 Å². The molecule has 3 heterocycles. The third kappa shape index (κ3) is 3.20. The highest BCUT2D eigenvalue weighted by Crippen LogP contribution is 2.15. The molecule has 0 spiro atoms. The first-order chi connectivity index (χ1) is 12.8. The van der Waals surface area contributed by atoms with Gasteiger partial charge in [-0.05, 0) is 30.3 Å². The largest absolute Gasteiger partial charge is 0.343 e. The Kier molecular flexibility index (Phi) is 4.21. The summed E-state index contributed by atoms with van der Waals surface area (Å²) < 4.78 is 6.84. The Bertz CT molecular complexity index is 1010. The zero-order valence-electron chi connectivity index (χ0n) is 13.6. The molecule has 1 N–H and O–H groups in total. The summed E-state index contributed by atoms with van der Waals surface area (Å²) in [6, 6.07) is 12.6. The van der Waals surface area contributed by atoms with E-state index < -0.39 is 0 Å². The highest BCUT2D eigenvalue weighted by atomic mass is 16.5. The normalized spacial score (nSPS) is 10.6. The Morgan fingerprint density at radius 2 is 1.92 bits per heavy atom. The predicted octanol–water partition coefficient (Wildman–Crippen LogP) is 2.25. The van der Waals surface area contributed by atoms with Crippen LogP contribution < -0.4 is 5.32 Å². The van der Waals surface area contributed by atoms with Crippen LogP contribution in [0.2, 0.25) is 0 Å². The van der Waals surface area contributed by atoms with Crippen LogP contribution in [0.5, 0.6) is 0 Å². The van der Waals surface area contributed by atoms with Gasteiger partial charge in [0.05, 0.1) is 17.8 Å². The summed E-state index contributed by atoms with van der Waals surface area (Å²) in [6.07, 6.45) is 6.75. The summed E-state index contributed by atoms with van der Waals surface area (Å²) in [7, 11) is 0. The Labute approximate surface area is 148 Å². The smallest absolute Gasteiger partial charge is 0.253 e. The first-order valence-corrected chi connectivity index (χ1v) is 7.91. The van der Waals surface area contributed by atoms with Crippen LogP contribution in [0.25, 0.3) is 17.1 Å². The standard InChI is InChI=1S/C18H14N6O2/c25-18(14-4-1-2-5-15(14)24-11-3-8-21-24)20-12-16-22-17(23-26-16)13-6-9-19-10-7-13/h1-11H,12H2,(H,20,25). The number of nitrogens with zero attached hydrogens (tertiary/aromatic N) is 5. The lowest BCUT2D eigenvalue weighted by Gasteiger charge is -2.09. The van der Waals surface area contributed by atoms with Crippen LogP contribution in [-0.4, -0.2) is 30.8 Å². The number of hydrogen-bond donors (Lipinski definition) is 1. The van der Waals surface area contributed by atoms with Gasteiger partial charge in [0, 0.05) is 30.4 Å². The van der Waals surface area contributed by atoms with Crippen molar-refractivity contribution in [3.8, 4) is 17.1 Å². The van der Waals surface area contributed by atoms with Crippen LogP contribution >= 0.6 is 0 Å². The van der Waals surface area contributed by atoms with Gasteiger partial charge in [0.25, 0.3) is 5.91 Å². The molecule has 1 amide bonds. The third-order valence-electron chi connectivity index (χ3n) is 3.71. The van der Waals surface area contributed by atoms with Gasteiger partial charge in [-0.2, -0.15) is 10.1 Å². The lowest BCUT2D eigenvalue weighted by Crippen LogP contribution is -2.24. The molecule has 0 saturated heterocycles. The van der Waals surface area contributed by atoms with Crippen molar-refractivity contribution in [3.63, 3.8) is 0 Å². The van der Waals surface area contributed by atoms with Gasteiger partial charge in [0.1, 0.15) is 0 Å². The van der Waals surface area contributed by atoms with E-state index in [4.69, 9.17) is 4.52 Å². The molecule has 128 valence electrons. The summed E-state index contributed by atoms with van der Waals surface area (Å²) in [5.74, 6) is 0.523. The molecule has 8 nitrogen and oxygen atoms in total. The quantitative estimate of drug-likeness (QED) is 0.595. The third-order valence-corrected chi connectivity index (χ3v) is 3.71. The Balaban J connectivity index is 1.48. The van der Waals surface area contributed by atoms with Gasteiger partial charge in [0.2, 0.25) is 11.7 Å². The van der Waals surface area contributed by atoms with Gasteiger partial charge in [-0.25, -0.2) is 4.68 Å². The number of benzene rings is 1. The molecule has 4 aromatic rings. The maximum Gasteiger partial charge on any atom is 0.253 e. The van der Waals surface area contributed by atoms with Gasteiger partial charge in [-0.15, -0.1) is 0 Å². The van der Waals surface area contributed by atoms with Crippen molar-refractivity contribution in [1.29, 1.82) is 0 Å². The summed E-state index contributed by atoms with van der Waals surface area (Å²) in [4.78, 5) is 20.8. The zero-order valence-corrected chi connectivity index (χ0v) is 13.6. The summed E-state index contributed by atoms with van der Waals surface area (Å²) in [6.45, 7) is 0.129. The molecule has 0 unspecified atom stereocenters. The molecule has 26 heavy (non-hydrogen) atoms. The molecule has 0 fully saturated rings. The average molecular weight is 346 g/mol. The lowest BCUT2D eigenvalue weighted by atomic mass is 10.1. The van der Waals surface area contributed by atoms with Crippen LogP contribution in [0.4, 0.5) is 0 Å². The maximum atomic E-state index is 12.6. The van der Waals surface area contributed by atoms with E-state index in [1.54, 1.807) is 59.8 Å². The minimum atomic E-state index is -0.250. The summed E-state index contributed by atoms with van der Waals surface area (Å²) >= 11 is 0. The topological polar surface area (TPSA) is 98.7 Å². The van der Waals surface area contributed by atoms with Gasteiger partial charge >= 0.3 is 0 Å². The highest BCUT2D eigenvalue weighted by molar-refractivity contribution is 5.97. The van der Waals surface area contributed by atoms with Crippen LogP contribution in [0.1, 0.15) is 16.2 Å². The van der Waals surface area contributed by atoms with Crippen molar-refractivity contribution in [2.45, 2.75) is 6.54 Å². The molecular formula is C18H14N6O2. The Hall–Kier alpha value is -3.81. The fourth-order valence-corrected chi connectivity index (χ4v) is 2.47. The number of carbonyl (C=O) groups is 1. The predicted molar refractivity (Wildman–Crippen MR) is 92.3 cm³/mol. The first kappa shape index (κ1) is 15.7. The van der Waals surface area contributed by atoms with Crippen LogP contribution in [0.15, 0.2) is 71.8 Å². The summed E-state index contributed by atoms with van der Waals surface area (Å²) in [5.41, 5.74) is 1.99. The molecule has 8 heteroatoms. The number of hydrogen-bond acceptors (Lipinski definition) is 6. The number of nitrogens with one attached hydrogen (secondary N) is 1. The SMILES string of the molecule is O=C(NCc1nc(-c2ccncc2)no1)c1ccccc1-n1cccn1. The highest BCUT2D eigenvalue weighted by Gasteiger charge is 2.14. The van der Waals surface area contributed by atoms with E-state index in [9.17, 15) is 4.79 Å². The van der Waals surface area contributed by atoms with E-state index in [1.165, 1.54) is 0 Å². The minimum Gasteiger partial charge on any atom is -0.343 e. The fourth-order valence-electron chi connectivity index (χ4n) is 2.47. The molecule has 0 radical (unpaired) electrons. The molecule has 0 saturated carbocycles. The van der Waals surface area contributed by atoms with Crippen molar-refractivity contribution in [2.75, 3.05) is 0 Å². The van der Waals surface area contributed by atoms with Crippen molar-refractivity contribution >= 4 is 5.91 Å². The molecule has 0 bridgehead atoms. The fraction of sp³-hybridized carbons (Fsp3) is 0.0556. The first-order valence-electron chi connectivity index (χ1n) is 7.91. The molecule has 0 aliphatic heterocycles. The van der Waals surface area contributed by atoms with Crippen LogP contribution in [-0.2, 0) is 6.54 Å². The second-order valence-corrected chi connectivity index (χ2v) is 5.40. The van der Waals surface area contributed by atoms with E-state index >= 15 is 0 Å². The van der Waals surface area contributed by atoms with Crippen molar-refractivity contribution < 1.29 is 9.32 Å². The molecule has 1 aromatic carbocycles. The minimum absolute atomic E-state index is 0.129. The molecule has 4 rings (SSSR count). The van der Waals surface area contributed by atoms with Gasteiger partial charge < -0.3 is 9.84 Å². The number of carbonyl (C=O) groups excluding carboxylic acids is 1. The number of pyridine rings is 1. The lowest BCUT2D eigenvalue weighted by molar-refractivity contribution is 0.0946. The zero-order chi connectivity index (χ0) is 17.8. The average Bonchev–Trinajstić information content (AvgIpc) is 3.39. The van der Waals surface area contributed by atoms with Crippen LogP contribution in [0, 0.1) is 0 Å².